The maximum Gasteiger partial charge on any atom is 0.387 e. The molecule has 0 fully saturated rings. The van der Waals surface area contributed by atoms with Crippen LogP contribution in [0.2, 0.25) is 0 Å². The predicted octanol–water partition coefficient (Wildman–Crippen LogP) is 2.78. The van der Waals surface area contributed by atoms with Gasteiger partial charge in [0.1, 0.15) is 5.75 Å². The van der Waals surface area contributed by atoms with Crippen molar-refractivity contribution in [3.63, 3.8) is 0 Å². The summed E-state index contributed by atoms with van der Waals surface area (Å²) in [5.41, 5.74) is 0.686. The van der Waals surface area contributed by atoms with Crippen LogP contribution in [-0.4, -0.2) is 24.4 Å². The van der Waals surface area contributed by atoms with E-state index in [4.69, 9.17) is 5.11 Å². The number of hydrogen-bond acceptors (Lipinski definition) is 3. The summed E-state index contributed by atoms with van der Waals surface area (Å²) in [7, 11) is 0. The molecule has 0 aromatic heterocycles. The molecule has 1 rings (SSSR count). The number of halogens is 2. The maximum atomic E-state index is 12.3. The minimum absolute atomic E-state index is 0.102. The fourth-order valence-electron chi connectivity index (χ4n) is 1.91. The number of rotatable bonds is 8. The van der Waals surface area contributed by atoms with Gasteiger partial charge in [0.15, 0.2) is 0 Å². The van der Waals surface area contributed by atoms with E-state index in [0.29, 0.717) is 24.4 Å². The van der Waals surface area contributed by atoms with Gasteiger partial charge in [-0.3, -0.25) is 0 Å². The van der Waals surface area contributed by atoms with Gasteiger partial charge in [-0.1, -0.05) is 32.0 Å². The van der Waals surface area contributed by atoms with Gasteiger partial charge in [0.25, 0.3) is 0 Å². The van der Waals surface area contributed by atoms with E-state index in [0.717, 1.165) is 0 Å². The highest BCUT2D eigenvalue weighted by atomic mass is 19.3. The summed E-state index contributed by atoms with van der Waals surface area (Å²) in [4.78, 5) is 0. The van der Waals surface area contributed by atoms with E-state index < -0.39 is 6.61 Å². The number of nitrogens with one attached hydrogen (secondary N) is 1. The van der Waals surface area contributed by atoms with E-state index in [1.165, 1.54) is 6.07 Å². The van der Waals surface area contributed by atoms with Crippen LogP contribution in [0.1, 0.15) is 25.8 Å². The minimum atomic E-state index is -2.82. The van der Waals surface area contributed by atoms with E-state index in [9.17, 15) is 8.78 Å². The molecule has 108 valence electrons. The molecular weight excluding hydrogens is 252 g/mol. The zero-order valence-corrected chi connectivity index (χ0v) is 11.3. The van der Waals surface area contributed by atoms with Crippen LogP contribution < -0.4 is 10.1 Å². The van der Waals surface area contributed by atoms with Gasteiger partial charge in [0.05, 0.1) is 0 Å². The summed E-state index contributed by atoms with van der Waals surface area (Å²) in [6, 6.07) is 6.87. The van der Waals surface area contributed by atoms with Crippen LogP contribution in [0.15, 0.2) is 24.3 Å². The third kappa shape index (κ3) is 5.53. The molecule has 0 aliphatic heterocycles. The van der Waals surface area contributed by atoms with Gasteiger partial charge in [-0.05, 0) is 18.4 Å². The van der Waals surface area contributed by atoms with Crippen LogP contribution >= 0.6 is 0 Å². The van der Waals surface area contributed by atoms with Crippen LogP contribution in [0, 0.1) is 5.92 Å². The number of benzene rings is 1. The third-order valence-electron chi connectivity index (χ3n) is 2.99. The van der Waals surface area contributed by atoms with Crippen LogP contribution in [0.3, 0.4) is 0 Å². The smallest absolute Gasteiger partial charge is 0.387 e. The number of hydrogen-bond donors (Lipinski definition) is 2. The van der Waals surface area contributed by atoms with Crippen molar-refractivity contribution >= 4 is 0 Å². The summed E-state index contributed by atoms with van der Waals surface area (Å²) in [5, 5.41) is 12.3. The zero-order chi connectivity index (χ0) is 14.3. The standard InChI is InChI=1S/C14H21F2NO2/c1-10(2)12(7-8-18)17-9-11-5-3-4-6-13(11)19-14(15)16/h3-6,10,12,14,17-18H,7-9H2,1-2H3. The molecule has 1 unspecified atom stereocenters. The summed E-state index contributed by atoms with van der Waals surface area (Å²) in [6.07, 6.45) is 0.634. The van der Waals surface area contributed by atoms with Crippen molar-refractivity contribution in [3.05, 3.63) is 29.8 Å². The highest BCUT2D eigenvalue weighted by molar-refractivity contribution is 5.33. The number of alkyl halides is 2. The lowest BCUT2D eigenvalue weighted by atomic mass is 10.0. The van der Waals surface area contributed by atoms with Gasteiger partial charge in [-0.25, -0.2) is 0 Å². The first-order chi connectivity index (χ1) is 9.04. The second-order valence-electron chi connectivity index (χ2n) is 4.73. The fourth-order valence-corrected chi connectivity index (χ4v) is 1.91. The summed E-state index contributed by atoms with van der Waals surface area (Å²) >= 11 is 0. The van der Waals surface area contributed by atoms with Gasteiger partial charge >= 0.3 is 6.61 Å². The first-order valence-corrected chi connectivity index (χ1v) is 6.41. The topological polar surface area (TPSA) is 41.5 Å². The first kappa shape index (κ1) is 15.9. The Kier molecular flexibility index (Phi) is 6.73. The molecule has 0 aliphatic carbocycles. The second-order valence-corrected chi connectivity index (χ2v) is 4.73. The maximum absolute atomic E-state index is 12.3. The van der Waals surface area contributed by atoms with E-state index >= 15 is 0 Å². The van der Waals surface area contributed by atoms with Crippen LogP contribution in [0.5, 0.6) is 5.75 Å². The predicted molar refractivity (Wildman–Crippen MR) is 70.2 cm³/mol. The molecule has 0 heterocycles. The lowest BCUT2D eigenvalue weighted by molar-refractivity contribution is -0.0505. The molecule has 1 atom stereocenters. The Morgan fingerprint density at radius 3 is 2.53 bits per heavy atom. The van der Waals surface area contributed by atoms with Gasteiger partial charge in [0.2, 0.25) is 0 Å². The van der Waals surface area contributed by atoms with E-state index in [2.05, 4.69) is 23.9 Å². The lowest BCUT2D eigenvalue weighted by Crippen LogP contribution is -2.34. The van der Waals surface area contributed by atoms with Crippen LogP contribution in [0.25, 0.3) is 0 Å². The van der Waals surface area contributed by atoms with Gasteiger partial charge in [-0.2, -0.15) is 8.78 Å². The first-order valence-electron chi connectivity index (χ1n) is 6.41. The minimum Gasteiger partial charge on any atom is -0.434 e. The zero-order valence-electron chi connectivity index (χ0n) is 11.3. The van der Waals surface area contributed by atoms with Crippen molar-refractivity contribution < 1.29 is 18.6 Å². The second kappa shape index (κ2) is 8.07. The Bertz CT molecular complexity index is 372. The molecule has 5 heteroatoms. The fraction of sp³-hybridized carbons (Fsp3) is 0.571. The van der Waals surface area contributed by atoms with Crippen LogP contribution in [-0.2, 0) is 6.54 Å². The van der Waals surface area contributed by atoms with Crippen molar-refractivity contribution in [1.29, 1.82) is 0 Å². The summed E-state index contributed by atoms with van der Waals surface area (Å²) in [6.45, 7) is 1.82. The van der Waals surface area contributed by atoms with Crippen molar-refractivity contribution in [1.82, 2.24) is 5.32 Å². The molecule has 0 radical (unpaired) electrons. The average molecular weight is 273 g/mol. The number of para-hydroxylation sites is 1. The van der Waals surface area contributed by atoms with Crippen LogP contribution in [0.4, 0.5) is 8.78 Å². The van der Waals surface area contributed by atoms with Crippen molar-refractivity contribution in [3.8, 4) is 5.75 Å². The lowest BCUT2D eigenvalue weighted by Gasteiger charge is -2.22. The Balaban J connectivity index is 2.65. The number of ether oxygens (including phenoxy) is 1. The molecule has 0 bridgehead atoms. The SMILES string of the molecule is CC(C)C(CCO)NCc1ccccc1OC(F)F. The summed E-state index contributed by atoms with van der Waals surface area (Å²) in [5.74, 6) is 0.548. The molecule has 0 saturated carbocycles. The van der Waals surface area contributed by atoms with Crippen molar-refractivity contribution in [2.45, 2.75) is 39.5 Å². The normalized spacial score (nSPS) is 13.0. The third-order valence-corrected chi connectivity index (χ3v) is 2.99. The Morgan fingerprint density at radius 2 is 1.95 bits per heavy atom. The van der Waals surface area contributed by atoms with Gasteiger partial charge in [-0.15, -0.1) is 0 Å². The van der Waals surface area contributed by atoms with Gasteiger partial charge in [0, 0.05) is 24.8 Å². The number of aliphatic hydroxyl groups is 1. The summed E-state index contributed by atoms with van der Waals surface area (Å²) < 4.78 is 29.0. The monoisotopic (exact) mass is 273 g/mol. The largest absolute Gasteiger partial charge is 0.434 e. The molecule has 1 aromatic rings. The molecule has 1 aromatic carbocycles. The average Bonchev–Trinajstić information content (AvgIpc) is 2.35. The van der Waals surface area contributed by atoms with Crippen molar-refractivity contribution in [2.24, 2.45) is 5.92 Å². The highest BCUT2D eigenvalue weighted by Crippen LogP contribution is 2.20. The number of aliphatic hydroxyl groups excluding tert-OH is 1. The Morgan fingerprint density at radius 1 is 1.26 bits per heavy atom. The quantitative estimate of drug-likeness (QED) is 0.765. The molecule has 3 nitrogen and oxygen atoms in total. The Hall–Kier alpha value is -1.20. The van der Waals surface area contributed by atoms with E-state index in [-0.39, 0.29) is 18.4 Å². The molecule has 0 spiro atoms. The van der Waals surface area contributed by atoms with E-state index in [1.54, 1.807) is 18.2 Å². The van der Waals surface area contributed by atoms with E-state index in [1.807, 2.05) is 0 Å². The molecule has 0 amide bonds. The Labute approximate surface area is 112 Å². The molecule has 19 heavy (non-hydrogen) atoms. The highest BCUT2D eigenvalue weighted by Gasteiger charge is 2.14. The van der Waals surface area contributed by atoms with Gasteiger partial charge < -0.3 is 15.2 Å². The molecule has 2 N–H and O–H groups in total. The van der Waals surface area contributed by atoms with Crippen molar-refractivity contribution in [2.75, 3.05) is 6.61 Å². The molecule has 0 aliphatic rings. The molecule has 0 saturated heterocycles. The molecular formula is C14H21F2NO2.